The van der Waals surface area contributed by atoms with Crippen molar-refractivity contribution in [2.45, 2.75) is 70.3 Å². The van der Waals surface area contributed by atoms with E-state index in [4.69, 9.17) is 0 Å². The molecular formula is C21H36N4O. The van der Waals surface area contributed by atoms with Crippen LogP contribution in [0.25, 0.3) is 0 Å². The number of amides is 1. The normalized spacial score (nSPS) is 22.1. The van der Waals surface area contributed by atoms with Gasteiger partial charge in [0.05, 0.1) is 0 Å². The molecule has 1 aromatic heterocycles. The molecule has 1 saturated heterocycles. The smallest absolute Gasteiger partial charge is 0.222 e. The molecule has 0 N–H and O–H groups in total. The maximum Gasteiger partial charge on any atom is 0.222 e. The van der Waals surface area contributed by atoms with Crippen LogP contribution in [0.15, 0.2) is 12.4 Å². The van der Waals surface area contributed by atoms with Crippen LogP contribution in [0.4, 0.5) is 0 Å². The first-order valence-corrected chi connectivity index (χ1v) is 10.6. The summed E-state index contributed by atoms with van der Waals surface area (Å²) in [6.07, 6.45) is 14.9. The molecule has 26 heavy (non-hydrogen) atoms. The topological polar surface area (TPSA) is 41.4 Å². The van der Waals surface area contributed by atoms with Crippen LogP contribution in [-0.2, 0) is 11.3 Å². The molecule has 5 heteroatoms. The Labute approximate surface area is 158 Å². The molecule has 1 aliphatic carbocycles. The number of likely N-dealkylation sites (tertiary alicyclic amines) is 1. The molecule has 1 amide bonds. The summed E-state index contributed by atoms with van der Waals surface area (Å²) < 4.78 is 2.28. The lowest BCUT2D eigenvalue weighted by Gasteiger charge is -2.33. The second-order valence-electron chi connectivity index (χ2n) is 8.50. The molecule has 1 atom stereocenters. The van der Waals surface area contributed by atoms with Gasteiger partial charge in [-0.2, -0.15) is 0 Å². The van der Waals surface area contributed by atoms with E-state index in [1.165, 1.54) is 32.1 Å². The van der Waals surface area contributed by atoms with Crippen LogP contribution in [0.2, 0.25) is 0 Å². The Kier molecular flexibility index (Phi) is 7.12. The highest BCUT2D eigenvalue weighted by Gasteiger charge is 2.27. The van der Waals surface area contributed by atoms with E-state index in [1.54, 1.807) is 0 Å². The van der Waals surface area contributed by atoms with Gasteiger partial charge in [0.15, 0.2) is 0 Å². The van der Waals surface area contributed by atoms with Gasteiger partial charge in [-0.25, -0.2) is 4.98 Å². The first-order valence-electron chi connectivity index (χ1n) is 10.6. The van der Waals surface area contributed by atoms with Gasteiger partial charge in [0.2, 0.25) is 5.91 Å². The van der Waals surface area contributed by atoms with Crippen LogP contribution in [0, 0.1) is 5.92 Å². The van der Waals surface area contributed by atoms with E-state index in [2.05, 4.69) is 39.6 Å². The first kappa shape index (κ1) is 19.4. The quantitative estimate of drug-likeness (QED) is 0.747. The number of imidazole rings is 1. The standard InChI is InChI=1S/C21H36N4O/c1-23(2)15-16-24-14-12-22-21(24)19-9-6-13-25(17-19)20(26)11-10-18-7-4-3-5-8-18/h12,14,18-19H,3-11,13,15-17H2,1-2H3/t19-/m1/s1. The van der Waals surface area contributed by atoms with E-state index >= 15 is 0 Å². The van der Waals surface area contributed by atoms with Crippen molar-refractivity contribution in [3.05, 3.63) is 18.2 Å². The number of hydrogen-bond acceptors (Lipinski definition) is 3. The molecule has 2 heterocycles. The summed E-state index contributed by atoms with van der Waals surface area (Å²) in [6, 6.07) is 0. The Morgan fingerprint density at radius 2 is 2.00 bits per heavy atom. The van der Waals surface area contributed by atoms with E-state index in [9.17, 15) is 4.79 Å². The summed E-state index contributed by atoms with van der Waals surface area (Å²) in [5, 5.41) is 0. The van der Waals surface area contributed by atoms with Crippen molar-refractivity contribution >= 4 is 5.91 Å². The van der Waals surface area contributed by atoms with E-state index in [-0.39, 0.29) is 0 Å². The highest BCUT2D eigenvalue weighted by Crippen LogP contribution is 2.29. The van der Waals surface area contributed by atoms with Gasteiger partial charge in [0.25, 0.3) is 0 Å². The molecule has 0 bridgehead atoms. The zero-order chi connectivity index (χ0) is 18.4. The van der Waals surface area contributed by atoms with Crippen LogP contribution >= 0.6 is 0 Å². The predicted molar refractivity (Wildman–Crippen MR) is 105 cm³/mol. The highest BCUT2D eigenvalue weighted by atomic mass is 16.2. The molecule has 0 aromatic carbocycles. The van der Waals surface area contributed by atoms with Crippen molar-refractivity contribution in [2.75, 3.05) is 33.7 Å². The van der Waals surface area contributed by atoms with Crippen molar-refractivity contribution in [2.24, 2.45) is 5.92 Å². The van der Waals surface area contributed by atoms with Gasteiger partial charge in [-0.1, -0.05) is 32.1 Å². The minimum Gasteiger partial charge on any atom is -0.342 e. The van der Waals surface area contributed by atoms with Crippen molar-refractivity contribution < 1.29 is 4.79 Å². The van der Waals surface area contributed by atoms with E-state index < -0.39 is 0 Å². The van der Waals surface area contributed by atoms with Gasteiger partial charge in [0.1, 0.15) is 5.82 Å². The molecular weight excluding hydrogens is 324 g/mol. The maximum atomic E-state index is 12.7. The summed E-state index contributed by atoms with van der Waals surface area (Å²) in [5.41, 5.74) is 0. The maximum absolute atomic E-state index is 12.7. The van der Waals surface area contributed by atoms with Crippen LogP contribution in [0.3, 0.4) is 0 Å². The van der Waals surface area contributed by atoms with Crippen LogP contribution in [0.5, 0.6) is 0 Å². The lowest BCUT2D eigenvalue weighted by atomic mass is 9.86. The highest BCUT2D eigenvalue weighted by molar-refractivity contribution is 5.76. The van der Waals surface area contributed by atoms with Gasteiger partial charge < -0.3 is 14.4 Å². The molecule has 0 radical (unpaired) electrons. The lowest BCUT2D eigenvalue weighted by molar-refractivity contribution is -0.132. The SMILES string of the molecule is CN(C)CCn1ccnc1[C@@H]1CCCN(C(=O)CCC2CCCCC2)C1. The number of piperidine rings is 1. The van der Waals surface area contributed by atoms with Crippen LogP contribution < -0.4 is 0 Å². The van der Waals surface area contributed by atoms with Gasteiger partial charge in [-0.15, -0.1) is 0 Å². The van der Waals surface area contributed by atoms with Crippen molar-refractivity contribution in [1.82, 2.24) is 19.4 Å². The second-order valence-corrected chi connectivity index (χ2v) is 8.50. The van der Waals surface area contributed by atoms with Gasteiger partial charge in [-0.3, -0.25) is 4.79 Å². The fourth-order valence-corrected chi connectivity index (χ4v) is 4.55. The third-order valence-electron chi connectivity index (χ3n) is 6.17. The largest absolute Gasteiger partial charge is 0.342 e. The van der Waals surface area contributed by atoms with Gasteiger partial charge in [0, 0.05) is 50.9 Å². The van der Waals surface area contributed by atoms with E-state index in [0.29, 0.717) is 11.8 Å². The van der Waals surface area contributed by atoms with Crippen molar-refractivity contribution in [1.29, 1.82) is 0 Å². The Bertz CT molecular complexity index is 562. The third-order valence-corrected chi connectivity index (χ3v) is 6.17. The third kappa shape index (κ3) is 5.32. The predicted octanol–water partition coefficient (Wildman–Crippen LogP) is 3.51. The molecule has 2 fully saturated rings. The number of carbonyl (C=O) groups excluding carboxylic acids is 1. The number of nitrogens with zero attached hydrogens (tertiary/aromatic N) is 4. The number of likely N-dealkylation sites (N-methyl/N-ethyl adjacent to an activating group) is 1. The average molecular weight is 361 g/mol. The number of hydrogen-bond donors (Lipinski definition) is 0. The monoisotopic (exact) mass is 360 g/mol. The minimum atomic E-state index is 0.367. The molecule has 3 rings (SSSR count). The Morgan fingerprint density at radius 3 is 2.77 bits per heavy atom. The Morgan fingerprint density at radius 1 is 1.19 bits per heavy atom. The summed E-state index contributed by atoms with van der Waals surface area (Å²) in [5.74, 6) is 2.71. The number of aromatic nitrogens is 2. The summed E-state index contributed by atoms with van der Waals surface area (Å²) >= 11 is 0. The minimum absolute atomic E-state index is 0.367. The van der Waals surface area contributed by atoms with Crippen LogP contribution in [-0.4, -0.2) is 59.0 Å². The summed E-state index contributed by atoms with van der Waals surface area (Å²) in [4.78, 5) is 21.7. The zero-order valence-electron chi connectivity index (χ0n) is 16.7. The molecule has 0 unspecified atom stereocenters. The van der Waals surface area contributed by atoms with Crippen molar-refractivity contribution in [3.8, 4) is 0 Å². The summed E-state index contributed by atoms with van der Waals surface area (Å²) in [7, 11) is 4.20. The molecule has 1 aromatic rings. The zero-order valence-corrected chi connectivity index (χ0v) is 16.7. The summed E-state index contributed by atoms with van der Waals surface area (Å²) in [6.45, 7) is 3.76. The first-order chi connectivity index (χ1) is 12.6. The van der Waals surface area contributed by atoms with Gasteiger partial charge in [-0.05, 0) is 39.3 Å². The van der Waals surface area contributed by atoms with E-state index in [1.807, 2.05) is 6.20 Å². The average Bonchev–Trinajstić information content (AvgIpc) is 3.14. The van der Waals surface area contributed by atoms with Gasteiger partial charge >= 0.3 is 0 Å². The number of rotatable bonds is 7. The Balaban J connectivity index is 1.52. The molecule has 0 spiro atoms. The van der Waals surface area contributed by atoms with Crippen LogP contribution in [0.1, 0.15) is 69.5 Å². The number of carbonyl (C=O) groups is 1. The lowest BCUT2D eigenvalue weighted by Crippen LogP contribution is -2.40. The fourth-order valence-electron chi connectivity index (χ4n) is 4.55. The Hall–Kier alpha value is -1.36. The molecule has 1 aliphatic heterocycles. The second kappa shape index (κ2) is 9.54. The molecule has 2 aliphatic rings. The molecule has 146 valence electrons. The van der Waals surface area contributed by atoms with Crippen molar-refractivity contribution in [3.63, 3.8) is 0 Å². The fraction of sp³-hybridized carbons (Fsp3) is 0.810. The molecule has 5 nitrogen and oxygen atoms in total. The molecule has 1 saturated carbocycles. The van der Waals surface area contributed by atoms with E-state index in [0.717, 1.165) is 63.6 Å².